The van der Waals surface area contributed by atoms with Crippen LogP contribution in [0.4, 0.5) is 14.5 Å². The Morgan fingerprint density at radius 1 is 1.11 bits per heavy atom. The van der Waals surface area contributed by atoms with Gasteiger partial charge >= 0.3 is 5.97 Å². The molecule has 0 saturated heterocycles. The summed E-state index contributed by atoms with van der Waals surface area (Å²) in [6.07, 6.45) is 0. The topological polar surface area (TPSA) is 73.9 Å². The highest BCUT2D eigenvalue weighted by atomic mass is 19.1. The van der Waals surface area contributed by atoms with Crippen LogP contribution in [-0.2, 0) is 20.9 Å². The summed E-state index contributed by atoms with van der Waals surface area (Å²) in [5.74, 6) is -2.49. The van der Waals surface area contributed by atoms with Crippen LogP contribution in [0.15, 0.2) is 36.4 Å². The molecule has 0 atom stereocenters. The van der Waals surface area contributed by atoms with E-state index in [4.69, 9.17) is 14.2 Å². The van der Waals surface area contributed by atoms with Crippen LogP contribution >= 0.6 is 0 Å². The molecule has 0 spiro atoms. The number of nitrogens with one attached hydrogen (secondary N) is 1. The Balaban J connectivity index is 1.98. The fourth-order valence-corrected chi connectivity index (χ4v) is 2.22. The van der Waals surface area contributed by atoms with Gasteiger partial charge in [-0.2, -0.15) is 0 Å². The molecular weight excluding hydrogens is 360 g/mol. The summed E-state index contributed by atoms with van der Waals surface area (Å²) < 4.78 is 42.0. The van der Waals surface area contributed by atoms with Gasteiger partial charge in [-0.15, -0.1) is 0 Å². The van der Waals surface area contributed by atoms with E-state index < -0.39 is 30.1 Å². The summed E-state index contributed by atoms with van der Waals surface area (Å²) in [6.45, 7) is 1.93. The van der Waals surface area contributed by atoms with Crippen LogP contribution in [0.1, 0.15) is 22.8 Å². The molecule has 0 aromatic heterocycles. The molecule has 0 aliphatic heterocycles. The quantitative estimate of drug-likeness (QED) is 0.713. The van der Waals surface area contributed by atoms with Crippen molar-refractivity contribution >= 4 is 17.6 Å². The lowest BCUT2D eigenvalue weighted by molar-refractivity contribution is -0.119. The zero-order valence-electron chi connectivity index (χ0n) is 14.9. The number of ether oxygens (including phenoxy) is 3. The van der Waals surface area contributed by atoms with E-state index in [2.05, 4.69) is 5.32 Å². The lowest BCUT2D eigenvalue weighted by atomic mass is 10.1. The van der Waals surface area contributed by atoms with Gasteiger partial charge in [0.2, 0.25) is 0 Å². The summed E-state index contributed by atoms with van der Waals surface area (Å²) in [5, 5.41) is 2.14. The van der Waals surface area contributed by atoms with E-state index in [0.717, 1.165) is 18.2 Å². The number of halogens is 2. The van der Waals surface area contributed by atoms with Gasteiger partial charge in [-0.25, -0.2) is 13.6 Å². The Hall–Kier alpha value is -3.00. The molecule has 27 heavy (non-hydrogen) atoms. The SMILES string of the molecule is CCOCc1cc(C(=O)OCC(=O)Nc2cc(F)ccc2F)ccc1OC. The third-order valence-corrected chi connectivity index (χ3v) is 3.51. The number of anilines is 1. The fourth-order valence-electron chi connectivity index (χ4n) is 2.22. The molecule has 0 aliphatic carbocycles. The molecule has 0 bridgehead atoms. The maximum atomic E-state index is 13.5. The zero-order valence-corrected chi connectivity index (χ0v) is 14.9. The van der Waals surface area contributed by atoms with Crippen LogP contribution in [0.3, 0.4) is 0 Å². The molecule has 2 aromatic rings. The summed E-state index contributed by atoms with van der Waals surface area (Å²) in [4.78, 5) is 23.9. The third-order valence-electron chi connectivity index (χ3n) is 3.51. The predicted octanol–water partition coefficient (Wildman–Crippen LogP) is 3.31. The van der Waals surface area contributed by atoms with E-state index in [1.54, 1.807) is 12.1 Å². The van der Waals surface area contributed by atoms with Gasteiger partial charge in [-0.3, -0.25) is 4.79 Å². The van der Waals surface area contributed by atoms with E-state index >= 15 is 0 Å². The molecule has 0 radical (unpaired) electrons. The molecule has 1 amide bonds. The maximum Gasteiger partial charge on any atom is 0.338 e. The molecular formula is C19H19F2NO5. The van der Waals surface area contributed by atoms with Gasteiger partial charge in [0.25, 0.3) is 5.91 Å². The number of carbonyl (C=O) groups is 2. The second kappa shape index (κ2) is 9.63. The molecule has 0 unspecified atom stereocenters. The van der Waals surface area contributed by atoms with Gasteiger partial charge in [-0.1, -0.05) is 0 Å². The second-order valence-corrected chi connectivity index (χ2v) is 5.41. The van der Waals surface area contributed by atoms with Crippen molar-refractivity contribution in [2.75, 3.05) is 25.6 Å². The molecule has 144 valence electrons. The third kappa shape index (κ3) is 5.75. The maximum absolute atomic E-state index is 13.5. The van der Waals surface area contributed by atoms with Gasteiger partial charge < -0.3 is 19.5 Å². The molecule has 0 heterocycles. The highest BCUT2D eigenvalue weighted by molar-refractivity contribution is 5.95. The van der Waals surface area contributed by atoms with Crippen molar-refractivity contribution in [3.63, 3.8) is 0 Å². The lowest BCUT2D eigenvalue weighted by Gasteiger charge is -2.11. The van der Waals surface area contributed by atoms with Crippen LogP contribution in [0.5, 0.6) is 5.75 Å². The van der Waals surface area contributed by atoms with Crippen molar-refractivity contribution in [3.8, 4) is 5.75 Å². The molecule has 6 nitrogen and oxygen atoms in total. The molecule has 8 heteroatoms. The summed E-state index contributed by atoms with van der Waals surface area (Å²) in [7, 11) is 1.50. The second-order valence-electron chi connectivity index (χ2n) is 5.41. The number of benzene rings is 2. The van der Waals surface area contributed by atoms with Gasteiger partial charge in [0.1, 0.15) is 17.4 Å². The van der Waals surface area contributed by atoms with Gasteiger partial charge in [0.05, 0.1) is 25.0 Å². The van der Waals surface area contributed by atoms with E-state index in [1.165, 1.54) is 13.2 Å². The highest BCUT2D eigenvalue weighted by Crippen LogP contribution is 2.21. The fraction of sp³-hybridized carbons (Fsp3) is 0.263. The summed E-state index contributed by atoms with van der Waals surface area (Å²) >= 11 is 0. The smallest absolute Gasteiger partial charge is 0.338 e. The minimum Gasteiger partial charge on any atom is -0.496 e. The Labute approximate surface area is 155 Å². The molecule has 0 saturated carbocycles. The molecule has 0 fully saturated rings. The Morgan fingerprint density at radius 3 is 2.59 bits per heavy atom. The molecule has 0 aliphatic rings. The van der Waals surface area contributed by atoms with Crippen molar-refractivity contribution in [2.45, 2.75) is 13.5 Å². The van der Waals surface area contributed by atoms with Gasteiger partial charge in [-0.05, 0) is 37.3 Å². The number of rotatable bonds is 8. The van der Waals surface area contributed by atoms with Crippen molar-refractivity contribution in [2.24, 2.45) is 0 Å². The molecule has 2 aromatic carbocycles. The van der Waals surface area contributed by atoms with Crippen molar-refractivity contribution < 1.29 is 32.6 Å². The van der Waals surface area contributed by atoms with E-state index in [9.17, 15) is 18.4 Å². The van der Waals surface area contributed by atoms with Crippen LogP contribution in [0.2, 0.25) is 0 Å². The first-order valence-electron chi connectivity index (χ1n) is 8.11. The van der Waals surface area contributed by atoms with Crippen molar-refractivity contribution in [1.82, 2.24) is 0 Å². The minimum absolute atomic E-state index is 0.204. The summed E-state index contributed by atoms with van der Waals surface area (Å²) in [6, 6.07) is 7.26. The number of methoxy groups -OCH3 is 1. The first kappa shape index (κ1) is 20.3. The first-order chi connectivity index (χ1) is 12.9. The Morgan fingerprint density at radius 2 is 1.89 bits per heavy atom. The van der Waals surface area contributed by atoms with Gasteiger partial charge in [0, 0.05) is 18.2 Å². The summed E-state index contributed by atoms with van der Waals surface area (Å²) in [5.41, 5.74) is 0.523. The largest absolute Gasteiger partial charge is 0.496 e. The minimum atomic E-state index is -0.799. The number of hydrogen-bond acceptors (Lipinski definition) is 5. The standard InChI is InChI=1S/C19H19F2NO5/c1-3-26-10-13-8-12(4-7-17(13)25-2)19(24)27-11-18(23)22-16-9-14(20)5-6-15(16)21/h4-9H,3,10-11H2,1-2H3,(H,22,23). The van der Waals surface area contributed by atoms with Crippen molar-refractivity contribution in [1.29, 1.82) is 0 Å². The average Bonchev–Trinajstić information content (AvgIpc) is 2.67. The first-order valence-corrected chi connectivity index (χ1v) is 8.11. The Bertz CT molecular complexity index is 826. The van der Waals surface area contributed by atoms with E-state index in [1.807, 2.05) is 6.92 Å². The van der Waals surface area contributed by atoms with Crippen LogP contribution in [0.25, 0.3) is 0 Å². The lowest BCUT2D eigenvalue weighted by Crippen LogP contribution is -2.21. The van der Waals surface area contributed by atoms with Crippen LogP contribution in [-0.4, -0.2) is 32.2 Å². The number of carbonyl (C=O) groups excluding carboxylic acids is 2. The van der Waals surface area contributed by atoms with E-state index in [0.29, 0.717) is 17.9 Å². The average molecular weight is 379 g/mol. The monoisotopic (exact) mass is 379 g/mol. The molecule has 2 rings (SSSR count). The highest BCUT2D eigenvalue weighted by Gasteiger charge is 2.14. The van der Waals surface area contributed by atoms with Crippen LogP contribution in [0, 0.1) is 11.6 Å². The Kier molecular flexibility index (Phi) is 7.25. The zero-order chi connectivity index (χ0) is 19.8. The molecule has 1 N–H and O–H groups in total. The van der Waals surface area contributed by atoms with E-state index in [-0.39, 0.29) is 17.9 Å². The normalized spacial score (nSPS) is 10.4. The predicted molar refractivity (Wildman–Crippen MR) is 93.6 cm³/mol. The number of esters is 1. The number of hydrogen-bond donors (Lipinski definition) is 1. The number of amides is 1. The van der Waals surface area contributed by atoms with Crippen molar-refractivity contribution in [3.05, 3.63) is 59.2 Å². The van der Waals surface area contributed by atoms with Gasteiger partial charge in [0.15, 0.2) is 6.61 Å². The van der Waals surface area contributed by atoms with Crippen LogP contribution < -0.4 is 10.1 Å².